The average Bonchev–Trinajstić information content (AvgIpc) is 2.29. The zero-order valence-electron chi connectivity index (χ0n) is 9.56. The van der Waals surface area contributed by atoms with Crippen molar-refractivity contribution in [1.82, 2.24) is 0 Å². The number of ether oxygens (including phenoxy) is 1. The van der Waals surface area contributed by atoms with Crippen molar-refractivity contribution in [2.45, 2.75) is 19.1 Å². The molecular weight excluding hydrogens is 224 g/mol. The number of benzene rings is 1. The van der Waals surface area contributed by atoms with E-state index in [4.69, 9.17) is 0 Å². The second kappa shape index (κ2) is 6.43. The summed E-state index contributed by atoms with van der Waals surface area (Å²) in [6.45, 7) is 1.99. The van der Waals surface area contributed by atoms with Gasteiger partial charge in [0.25, 0.3) is 0 Å². The zero-order valence-corrected chi connectivity index (χ0v) is 10.4. The Morgan fingerprint density at radius 2 is 2.06 bits per heavy atom. The summed E-state index contributed by atoms with van der Waals surface area (Å²) >= 11 is 0. The van der Waals surface area contributed by atoms with E-state index in [0.717, 1.165) is 11.1 Å². The van der Waals surface area contributed by atoms with Crippen LogP contribution in [0.3, 0.4) is 0 Å². The fraction of sp³-hybridized carbons (Fsp3) is 0.417. The summed E-state index contributed by atoms with van der Waals surface area (Å²) in [6, 6.07) is 7.84. The summed E-state index contributed by atoms with van der Waals surface area (Å²) in [5.74, 6) is 0.558. The Hall–Kier alpha value is -1.16. The first-order chi connectivity index (χ1) is 7.63. The molecule has 0 saturated heterocycles. The number of rotatable bonds is 5. The maximum absolute atomic E-state index is 11.7. The predicted molar refractivity (Wildman–Crippen MR) is 64.5 cm³/mol. The van der Waals surface area contributed by atoms with Crippen LogP contribution in [0.2, 0.25) is 0 Å². The molecule has 1 aromatic carbocycles. The van der Waals surface area contributed by atoms with Crippen molar-refractivity contribution in [3.63, 3.8) is 0 Å². The van der Waals surface area contributed by atoms with Crippen LogP contribution in [0.15, 0.2) is 24.3 Å². The molecule has 1 unspecified atom stereocenters. The van der Waals surface area contributed by atoms with Gasteiger partial charge in [-0.05, 0) is 18.1 Å². The highest BCUT2D eigenvalue weighted by atomic mass is 32.2. The van der Waals surface area contributed by atoms with Gasteiger partial charge in [0.15, 0.2) is 0 Å². The molecule has 1 rings (SSSR count). The van der Waals surface area contributed by atoms with Crippen molar-refractivity contribution in [3.05, 3.63) is 35.4 Å². The summed E-state index contributed by atoms with van der Waals surface area (Å²) in [4.78, 5) is 10.9. The van der Waals surface area contributed by atoms with Gasteiger partial charge in [-0.25, -0.2) is 0 Å². The monoisotopic (exact) mass is 240 g/mol. The van der Waals surface area contributed by atoms with E-state index in [1.165, 1.54) is 7.11 Å². The van der Waals surface area contributed by atoms with Crippen molar-refractivity contribution in [3.8, 4) is 0 Å². The van der Waals surface area contributed by atoms with Crippen LogP contribution in [0.1, 0.15) is 17.5 Å². The van der Waals surface area contributed by atoms with E-state index in [-0.39, 0.29) is 12.4 Å². The molecule has 0 saturated carbocycles. The topological polar surface area (TPSA) is 43.4 Å². The number of esters is 1. The van der Waals surface area contributed by atoms with Crippen molar-refractivity contribution < 1.29 is 13.7 Å². The van der Waals surface area contributed by atoms with Gasteiger partial charge in [0.05, 0.1) is 13.5 Å². The van der Waals surface area contributed by atoms with E-state index in [9.17, 15) is 9.00 Å². The smallest absolute Gasteiger partial charge is 0.306 e. The van der Waals surface area contributed by atoms with Crippen molar-refractivity contribution in [2.24, 2.45) is 0 Å². The molecule has 1 aromatic rings. The zero-order chi connectivity index (χ0) is 12.0. The highest BCUT2D eigenvalue weighted by Crippen LogP contribution is 2.10. The fourth-order valence-electron chi connectivity index (χ4n) is 1.32. The van der Waals surface area contributed by atoms with Crippen molar-refractivity contribution in [1.29, 1.82) is 0 Å². The number of methoxy groups -OCH3 is 1. The van der Waals surface area contributed by atoms with Gasteiger partial charge >= 0.3 is 5.97 Å². The summed E-state index contributed by atoms with van der Waals surface area (Å²) in [5, 5.41) is 0. The first-order valence-electron chi connectivity index (χ1n) is 5.09. The molecule has 16 heavy (non-hydrogen) atoms. The van der Waals surface area contributed by atoms with Gasteiger partial charge in [-0.3, -0.25) is 9.00 Å². The van der Waals surface area contributed by atoms with Crippen LogP contribution >= 0.6 is 0 Å². The Balaban J connectivity index is 2.46. The molecule has 4 heteroatoms. The molecular formula is C12H16O3S. The maximum Gasteiger partial charge on any atom is 0.306 e. The Bertz CT molecular complexity index is 388. The Morgan fingerprint density at radius 1 is 1.38 bits per heavy atom. The summed E-state index contributed by atoms with van der Waals surface area (Å²) in [6.07, 6.45) is 0.217. The van der Waals surface area contributed by atoms with Crippen LogP contribution in [0, 0.1) is 6.92 Å². The van der Waals surface area contributed by atoms with Crippen LogP contribution < -0.4 is 0 Å². The third-order valence-electron chi connectivity index (χ3n) is 2.34. The Kier molecular flexibility index (Phi) is 5.19. The lowest BCUT2D eigenvalue weighted by Gasteiger charge is -2.05. The molecule has 0 N–H and O–H groups in total. The van der Waals surface area contributed by atoms with Crippen LogP contribution in [0.4, 0.5) is 0 Å². The third-order valence-corrected chi connectivity index (χ3v) is 3.63. The average molecular weight is 240 g/mol. The highest BCUT2D eigenvalue weighted by molar-refractivity contribution is 7.84. The van der Waals surface area contributed by atoms with E-state index in [0.29, 0.717) is 11.5 Å². The number of aryl methyl sites for hydroxylation is 1. The Labute approximate surface area is 98.3 Å². The minimum atomic E-state index is -1.00. The lowest BCUT2D eigenvalue weighted by Crippen LogP contribution is -2.09. The second-order valence-corrected chi connectivity index (χ2v) is 5.12. The quantitative estimate of drug-likeness (QED) is 0.737. The number of carbonyl (C=O) groups excluding carboxylic acids is 1. The molecule has 0 fully saturated rings. The van der Waals surface area contributed by atoms with Crippen LogP contribution in [0.5, 0.6) is 0 Å². The number of carbonyl (C=O) groups is 1. The van der Waals surface area contributed by atoms with Gasteiger partial charge in [0, 0.05) is 22.3 Å². The minimum absolute atomic E-state index is 0.217. The maximum atomic E-state index is 11.7. The standard InChI is InChI=1S/C12H16O3S/c1-10-5-3-4-6-11(10)9-16(14)8-7-12(13)15-2/h3-6H,7-9H2,1-2H3. The summed E-state index contributed by atoms with van der Waals surface area (Å²) < 4.78 is 16.2. The molecule has 0 heterocycles. The van der Waals surface area contributed by atoms with Gasteiger partial charge in [-0.2, -0.15) is 0 Å². The molecule has 0 spiro atoms. The molecule has 0 aliphatic carbocycles. The Morgan fingerprint density at radius 3 is 2.69 bits per heavy atom. The SMILES string of the molecule is COC(=O)CCS(=O)Cc1ccccc1C. The molecule has 88 valence electrons. The summed E-state index contributed by atoms with van der Waals surface area (Å²) in [5.41, 5.74) is 2.21. The van der Waals surface area contributed by atoms with Crippen molar-refractivity contribution in [2.75, 3.05) is 12.9 Å². The number of hydrogen-bond acceptors (Lipinski definition) is 3. The van der Waals surface area contributed by atoms with E-state index in [1.807, 2.05) is 31.2 Å². The molecule has 0 radical (unpaired) electrons. The molecule has 0 aliphatic rings. The van der Waals surface area contributed by atoms with Gasteiger partial charge in [-0.15, -0.1) is 0 Å². The van der Waals surface area contributed by atoms with Gasteiger partial charge in [0.1, 0.15) is 0 Å². The highest BCUT2D eigenvalue weighted by Gasteiger charge is 2.07. The summed E-state index contributed by atoms with van der Waals surface area (Å²) in [7, 11) is 0.336. The van der Waals surface area contributed by atoms with Crippen LogP contribution in [-0.2, 0) is 26.1 Å². The lowest BCUT2D eigenvalue weighted by atomic mass is 10.1. The van der Waals surface area contributed by atoms with E-state index >= 15 is 0 Å². The largest absolute Gasteiger partial charge is 0.469 e. The molecule has 0 bridgehead atoms. The molecule has 0 amide bonds. The second-order valence-electron chi connectivity index (χ2n) is 3.54. The van der Waals surface area contributed by atoms with E-state index in [1.54, 1.807) is 0 Å². The normalized spacial score (nSPS) is 12.1. The molecule has 1 atom stereocenters. The molecule has 3 nitrogen and oxygen atoms in total. The van der Waals surface area contributed by atoms with Gasteiger partial charge < -0.3 is 4.74 Å². The number of hydrogen-bond donors (Lipinski definition) is 0. The van der Waals surface area contributed by atoms with E-state index < -0.39 is 10.8 Å². The first kappa shape index (κ1) is 12.9. The third kappa shape index (κ3) is 4.14. The first-order valence-corrected chi connectivity index (χ1v) is 6.58. The predicted octanol–water partition coefficient (Wildman–Crippen LogP) is 1.81. The fourth-order valence-corrected chi connectivity index (χ4v) is 2.53. The molecule has 0 aliphatic heterocycles. The van der Waals surface area contributed by atoms with Gasteiger partial charge in [0.2, 0.25) is 0 Å². The lowest BCUT2D eigenvalue weighted by molar-refractivity contribution is -0.140. The van der Waals surface area contributed by atoms with Crippen LogP contribution in [0.25, 0.3) is 0 Å². The molecule has 0 aromatic heterocycles. The van der Waals surface area contributed by atoms with Crippen LogP contribution in [-0.4, -0.2) is 23.0 Å². The van der Waals surface area contributed by atoms with Gasteiger partial charge in [-0.1, -0.05) is 24.3 Å². The van der Waals surface area contributed by atoms with Crippen molar-refractivity contribution >= 4 is 16.8 Å². The van der Waals surface area contributed by atoms with E-state index in [2.05, 4.69) is 4.74 Å². The minimum Gasteiger partial charge on any atom is -0.469 e.